The summed E-state index contributed by atoms with van der Waals surface area (Å²) in [5.74, 6) is 0.872. The number of phenolic OH excluding ortho intramolecular Hbond substituents is 1. The van der Waals surface area contributed by atoms with Gasteiger partial charge in [0.1, 0.15) is 30.3 Å². The van der Waals surface area contributed by atoms with E-state index in [0.717, 1.165) is 38.5 Å². The van der Waals surface area contributed by atoms with Crippen molar-refractivity contribution in [1.29, 1.82) is 0 Å². The van der Waals surface area contributed by atoms with Gasteiger partial charge in [0.2, 0.25) is 0 Å². The van der Waals surface area contributed by atoms with E-state index in [1.807, 2.05) is 0 Å². The fourth-order valence-corrected chi connectivity index (χ4v) is 3.79. The minimum atomic E-state index is -0.551. The molecule has 0 amide bonds. The van der Waals surface area contributed by atoms with Gasteiger partial charge in [-0.2, -0.15) is 0 Å². The molecule has 8 nitrogen and oxygen atoms in total. The number of ether oxygens (including phenoxy) is 2. The molecule has 0 saturated carbocycles. The summed E-state index contributed by atoms with van der Waals surface area (Å²) < 4.78 is 25.3. The van der Waals surface area contributed by atoms with Gasteiger partial charge in [0.25, 0.3) is 0 Å². The Labute approximate surface area is 185 Å². The Morgan fingerprint density at radius 2 is 1.94 bits per heavy atom. The minimum absolute atomic E-state index is 0.137. The van der Waals surface area contributed by atoms with Gasteiger partial charge in [-0.3, -0.25) is 4.90 Å². The zero-order valence-electron chi connectivity index (χ0n) is 18.1. The van der Waals surface area contributed by atoms with Crippen LogP contribution in [0.2, 0.25) is 0 Å². The number of hydrogen-bond acceptors (Lipinski definition) is 8. The van der Waals surface area contributed by atoms with Crippen molar-refractivity contribution in [2.75, 3.05) is 38.7 Å². The molecule has 1 aliphatic rings. The van der Waals surface area contributed by atoms with Crippen LogP contribution >= 0.6 is 0 Å². The molecule has 0 aliphatic carbocycles. The predicted molar refractivity (Wildman–Crippen MR) is 119 cm³/mol. The summed E-state index contributed by atoms with van der Waals surface area (Å²) in [6.45, 7) is 4.65. The number of aliphatic hydroxyl groups excluding tert-OH is 1. The third-order valence-electron chi connectivity index (χ3n) is 5.74. The molecule has 32 heavy (non-hydrogen) atoms. The predicted octanol–water partition coefficient (Wildman–Crippen LogP) is 3.37. The van der Waals surface area contributed by atoms with Crippen molar-refractivity contribution in [2.45, 2.75) is 25.9 Å². The zero-order valence-corrected chi connectivity index (χ0v) is 18.1. The van der Waals surface area contributed by atoms with Crippen molar-refractivity contribution in [3.63, 3.8) is 0 Å². The number of hydrogen-bond donors (Lipinski definition) is 3. The summed E-state index contributed by atoms with van der Waals surface area (Å²) >= 11 is 0. The highest BCUT2D eigenvalue weighted by Crippen LogP contribution is 2.36. The van der Waals surface area contributed by atoms with E-state index < -0.39 is 5.82 Å². The van der Waals surface area contributed by atoms with Gasteiger partial charge in [0, 0.05) is 48.4 Å². The highest BCUT2D eigenvalue weighted by Gasteiger charge is 2.18. The average molecular weight is 442 g/mol. The number of benzene rings is 2. The number of aliphatic hydroxyl groups is 1. The maximum Gasteiger partial charge on any atom is 0.163 e. The highest BCUT2D eigenvalue weighted by atomic mass is 19.1. The van der Waals surface area contributed by atoms with E-state index >= 15 is 0 Å². The van der Waals surface area contributed by atoms with Gasteiger partial charge >= 0.3 is 0 Å². The first kappa shape index (κ1) is 22.0. The van der Waals surface area contributed by atoms with E-state index in [1.165, 1.54) is 12.4 Å². The van der Waals surface area contributed by atoms with E-state index in [1.54, 1.807) is 26.2 Å². The van der Waals surface area contributed by atoms with Crippen LogP contribution in [0, 0.1) is 12.7 Å². The van der Waals surface area contributed by atoms with Gasteiger partial charge < -0.3 is 25.0 Å². The maximum atomic E-state index is 13.8. The van der Waals surface area contributed by atoms with Gasteiger partial charge in [-0.1, -0.05) is 0 Å². The molecule has 0 atom stereocenters. The molecule has 1 aliphatic heterocycles. The summed E-state index contributed by atoms with van der Waals surface area (Å²) in [6.07, 6.45) is 2.78. The summed E-state index contributed by atoms with van der Waals surface area (Å²) in [6, 6.07) is 5.93. The number of fused-ring (bicyclic) bond motifs is 1. The van der Waals surface area contributed by atoms with Crippen LogP contribution < -0.4 is 14.8 Å². The highest BCUT2D eigenvalue weighted by molar-refractivity contribution is 5.93. The lowest BCUT2D eigenvalue weighted by Gasteiger charge is -2.29. The molecule has 0 bridgehead atoms. The summed E-state index contributed by atoms with van der Waals surface area (Å²) in [5, 5.41) is 23.3. The number of rotatable bonds is 7. The van der Waals surface area contributed by atoms with Crippen LogP contribution in [0.25, 0.3) is 10.9 Å². The number of aromatic hydroxyl groups is 1. The smallest absolute Gasteiger partial charge is 0.163 e. The van der Waals surface area contributed by atoms with Gasteiger partial charge in [0.15, 0.2) is 11.5 Å². The SMILES string of the molecule is COc1cc2c(Nc3cc(F)cc(O)c3C)ncnc2cc1OCCN1CCC(O)CC1. The topological polar surface area (TPSA) is 100.0 Å². The Bertz CT molecular complexity index is 1100. The van der Waals surface area contributed by atoms with E-state index in [-0.39, 0.29) is 11.9 Å². The fraction of sp³-hybridized carbons (Fsp3) is 0.391. The van der Waals surface area contributed by atoms with E-state index in [9.17, 15) is 14.6 Å². The van der Waals surface area contributed by atoms with Crippen LogP contribution in [-0.4, -0.2) is 64.5 Å². The number of piperidine rings is 1. The van der Waals surface area contributed by atoms with Crippen molar-refractivity contribution in [3.8, 4) is 17.2 Å². The summed E-state index contributed by atoms with van der Waals surface area (Å²) in [7, 11) is 1.56. The number of likely N-dealkylation sites (tertiary alicyclic amines) is 1. The molecular formula is C23H27FN4O4. The molecule has 3 N–H and O–H groups in total. The van der Waals surface area contributed by atoms with Crippen LogP contribution in [-0.2, 0) is 0 Å². The minimum Gasteiger partial charge on any atom is -0.507 e. The van der Waals surface area contributed by atoms with Gasteiger partial charge in [-0.15, -0.1) is 0 Å². The number of nitrogens with zero attached hydrogens (tertiary/aromatic N) is 3. The first-order valence-corrected chi connectivity index (χ1v) is 10.6. The average Bonchev–Trinajstić information content (AvgIpc) is 2.78. The Morgan fingerprint density at radius 3 is 2.69 bits per heavy atom. The van der Waals surface area contributed by atoms with Gasteiger partial charge in [-0.25, -0.2) is 14.4 Å². The number of methoxy groups -OCH3 is 1. The molecule has 9 heteroatoms. The number of phenols is 1. The Hall–Kier alpha value is -3.17. The largest absolute Gasteiger partial charge is 0.507 e. The monoisotopic (exact) mass is 442 g/mol. The van der Waals surface area contributed by atoms with Crippen molar-refractivity contribution >= 4 is 22.4 Å². The van der Waals surface area contributed by atoms with Crippen LogP contribution in [0.3, 0.4) is 0 Å². The molecule has 3 aromatic rings. The molecule has 2 aromatic carbocycles. The molecule has 0 radical (unpaired) electrons. The second-order valence-corrected chi connectivity index (χ2v) is 7.89. The number of nitrogens with one attached hydrogen (secondary N) is 1. The van der Waals surface area contributed by atoms with E-state index in [2.05, 4.69) is 20.2 Å². The number of anilines is 2. The Morgan fingerprint density at radius 1 is 1.16 bits per heavy atom. The zero-order chi connectivity index (χ0) is 22.7. The molecule has 1 aromatic heterocycles. The van der Waals surface area contributed by atoms with Crippen LogP contribution in [0.15, 0.2) is 30.6 Å². The molecule has 2 heterocycles. The molecule has 1 saturated heterocycles. The van der Waals surface area contributed by atoms with Crippen molar-refractivity contribution < 1.29 is 24.1 Å². The van der Waals surface area contributed by atoms with Crippen molar-refractivity contribution in [2.24, 2.45) is 0 Å². The first-order valence-electron chi connectivity index (χ1n) is 10.6. The lowest BCUT2D eigenvalue weighted by Crippen LogP contribution is -2.38. The van der Waals surface area contributed by atoms with Crippen LogP contribution in [0.1, 0.15) is 18.4 Å². The van der Waals surface area contributed by atoms with Crippen LogP contribution in [0.5, 0.6) is 17.2 Å². The molecule has 0 spiro atoms. The lowest BCUT2D eigenvalue weighted by molar-refractivity contribution is 0.0753. The first-order chi connectivity index (χ1) is 15.4. The van der Waals surface area contributed by atoms with Crippen LogP contribution in [0.4, 0.5) is 15.9 Å². The fourth-order valence-electron chi connectivity index (χ4n) is 3.79. The molecule has 170 valence electrons. The third kappa shape index (κ3) is 4.84. The van der Waals surface area contributed by atoms with Crippen molar-refractivity contribution in [3.05, 3.63) is 42.0 Å². The second kappa shape index (κ2) is 9.54. The standard InChI is InChI=1S/C23H27FN4O4/c1-14-18(9-15(24)10-20(14)30)27-23-17-11-21(31-2)22(12-19(17)25-13-26-23)32-8-7-28-5-3-16(29)4-6-28/h9-13,16,29-30H,3-8H2,1-2H3,(H,25,26,27). The Kier molecular flexibility index (Phi) is 6.57. The van der Waals surface area contributed by atoms with E-state index in [4.69, 9.17) is 9.47 Å². The second-order valence-electron chi connectivity index (χ2n) is 7.89. The van der Waals surface area contributed by atoms with Crippen molar-refractivity contribution in [1.82, 2.24) is 14.9 Å². The van der Waals surface area contributed by atoms with Gasteiger partial charge in [-0.05, 0) is 31.9 Å². The molecule has 0 unspecified atom stereocenters. The van der Waals surface area contributed by atoms with Gasteiger partial charge in [0.05, 0.1) is 18.7 Å². The third-order valence-corrected chi connectivity index (χ3v) is 5.74. The maximum absolute atomic E-state index is 13.8. The summed E-state index contributed by atoms with van der Waals surface area (Å²) in [4.78, 5) is 10.9. The number of aromatic nitrogens is 2. The quantitative estimate of drug-likeness (QED) is 0.512. The summed E-state index contributed by atoms with van der Waals surface area (Å²) in [5.41, 5.74) is 1.56. The molecule has 1 fully saturated rings. The molecule has 4 rings (SSSR count). The lowest BCUT2D eigenvalue weighted by atomic mass is 10.1. The normalized spacial score (nSPS) is 15.1. The molecular weight excluding hydrogens is 415 g/mol. The Balaban J connectivity index is 1.55. The number of halogens is 1. The van der Waals surface area contributed by atoms with E-state index in [0.29, 0.717) is 46.1 Å².